The summed E-state index contributed by atoms with van der Waals surface area (Å²) in [5.41, 5.74) is 3.91. The molecule has 0 atom stereocenters. The van der Waals surface area contributed by atoms with Crippen LogP contribution in [0.25, 0.3) is 11.1 Å². The van der Waals surface area contributed by atoms with Gasteiger partial charge in [0.15, 0.2) is 0 Å². The first-order valence-electron chi connectivity index (χ1n) is 7.92. The highest BCUT2D eigenvalue weighted by Crippen LogP contribution is 2.29. The second-order valence-corrected chi connectivity index (χ2v) is 5.68. The molecule has 0 spiro atoms. The number of rotatable bonds is 7. The van der Waals surface area contributed by atoms with E-state index in [0.29, 0.717) is 6.10 Å². The van der Waals surface area contributed by atoms with Crippen LogP contribution >= 0.6 is 0 Å². The van der Waals surface area contributed by atoms with E-state index in [9.17, 15) is 0 Å². The summed E-state index contributed by atoms with van der Waals surface area (Å²) in [6.45, 7) is 4.17. The zero-order chi connectivity index (χ0) is 14.5. The Morgan fingerprint density at radius 2 is 1.81 bits per heavy atom. The first-order valence-corrected chi connectivity index (χ1v) is 7.92. The minimum Gasteiger partial charge on any atom is -0.490 e. The quantitative estimate of drug-likeness (QED) is 0.760. The van der Waals surface area contributed by atoms with Gasteiger partial charge in [-0.1, -0.05) is 43.3 Å². The largest absolute Gasteiger partial charge is 0.490 e. The number of nitrogens with one attached hydrogen (secondary N) is 1. The highest BCUT2D eigenvalue weighted by molar-refractivity contribution is 5.67. The minimum atomic E-state index is 0.460. The highest BCUT2D eigenvalue weighted by Gasteiger charge is 2.23. The van der Waals surface area contributed by atoms with Crippen LogP contribution in [0.5, 0.6) is 5.75 Å². The van der Waals surface area contributed by atoms with Crippen LogP contribution in [0.3, 0.4) is 0 Å². The molecule has 0 saturated heterocycles. The molecule has 0 bridgehead atoms. The van der Waals surface area contributed by atoms with E-state index in [2.05, 4.69) is 60.8 Å². The fourth-order valence-electron chi connectivity index (χ4n) is 2.45. The molecule has 0 aromatic heterocycles. The third-order valence-corrected chi connectivity index (χ3v) is 3.75. The summed E-state index contributed by atoms with van der Waals surface area (Å²) >= 11 is 0. The van der Waals surface area contributed by atoms with Gasteiger partial charge >= 0.3 is 0 Å². The maximum atomic E-state index is 5.81. The van der Waals surface area contributed by atoms with E-state index in [4.69, 9.17) is 4.74 Å². The standard InChI is InChI=1S/C19H23NO/c1-2-13-20-14-16-5-3-4-6-19(16)15-7-9-17(10-8-15)21-18-11-12-18/h3-10,18,20H,2,11-14H2,1H3. The van der Waals surface area contributed by atoms with Gasteiger partial charge in [0, 0.05) is 6.54 Å². The van der Waals surface area contributed by atoms with Gasteiger partial charge in [-0.2, -0.15) is 0 Å². The van der Waals surface area contributed by atoms with E-state index in [0.717, 1.165) is 25.3 Å². The smallest absolute Gasteiger partial charge is 0.119 e. The number of hydrogen-bond acceptors (Lipinski definition) is 2. The molecular weight excluding hydrogens is 258 g/mol. The maximum Gasteiger partial charge on any atom is 0.119 e. The van der Waals surface area contributed by atoms with E-state index in [1.807, 2.05) is 0 Å². The van der Waals surface area contributed by atoms with Crippen molar-refractivity contribution in [1.82, 2.24) is 5.32 Å². The zero-order valence-electron chi connectivity index (χ0n) is 12.6. The lowest BCUT2D eigenvalue weighted by atomic mass is 9.99. The molecule has 2 heteroatoms. The molecule has 0 heterocycles. The molecule has 0 aliphatic heterocycles. The van der Waals surface area contributed by atoms with Crippen LogP contribution in [0, 0.1) is 0 Å². The first kappa shape index (κ1) is 14.2. The lowest BCUT2D eigenvalue weighted by molar-refractivity contribution is 0.303. The van der Waals surface area contributed by atoms with E-state index in [1.54, 1.807) is 0 Å². The second-order valence-electron chi connectivity index (χ2n) is 5.68. The summed E-state index contributed by atoms with van der Waals surface area (Å²) in [7, 11) is 0. The molecule has 21 heavy (non-hydrogen) atoms. The summed E-state index contributed by atoms with van der Waals surface area (Å²) in [5, 5.41) is 3.48. The van der Waals surface area contributed by atoms with Crippen LogP contribution in [0.15, 0.2) is 48.5 Å². The predicted octanol–water partition coefficient (Wildman–Crippen LogP) is 4.39. The zero-order valence-corrected chi connectivity index (χ0v) is 12.6. The normalized spacial score (nSPS) is 14.1. The molecule has 0 amide bonds. The maximum absolute atomic E-state index is 5.81. The Morgan fingerprint density at radius 3 is 2.52 bits per heavy atom. The molecule has 110 valence electrons. The number of ether oxygens (including phenoxy) is 1. The van der Waals surface area contributed by atoms with Crippen molar-refractivity contribution in [2.75, 3.05) is 6.54 Å². The average Bonchev–Trinajstić information content (AvgIpc) is 3.33. The van der Waals surface area contributed by atoms with Gasteiger partial charge in [-0.25, -0.2) is 0 Å². The van der Waals surface area contributed by atoms with Gasteiger partial charge in [-0.3, -0.25) is 0 Å². The van der Waals surface area contributed by atoms with Gasteiger partial charge < -0.3 is 10.1 Å². The molecule has 2 nitrogen and oxygen atoms in total. The van der Waals surface area contributed by atoms with Crippen molar-refractivity contribution in [3.8, 4) is 16.9 Å². The Morgan fingerprint density at radius 1 is 1.05 bits per heavy atom. The van der Waals surface area contributed by atoms with E-state index in [-0.39, 0.29) is 0 Å². The number of benzene rings is 2. The minimum absolute atomic E-state index is 0.460. The van der Waals surface area contributed by atoms with Crippen LogP contribution < -0.4 is 10.1 Å². The fraction of sp³-hybridized carbons (Fsp3) is 0.368. The predicted molar refractivity (Wildman–Crippen MR) is 87.5 cm³/mol. The van der Waals surface area contributed by atoms with Gasteiger partial charge in [0.05, 0.1) is 6.10 Å². The number of hydrogen-bond donors (Lipinski definition) is 1. The van der Waals surface area contributed by atoms with Gasteiger partial charge in [0.1, 0.15) is 5.75 Å². The van der Waals surface area contributed by atoms with Crippen molar-refractivity contribution in [2.24, 2.45) is 0 Å². The van der Waals surface area contributed by atoms with Crippen LogP contribution in [-0.2, 0) is 6.54 Å². The lowest BCUT2D eigenvalue weighted by Gasteiger charge is -2.11. The lowest BCUT2D eigenvalue weighted by Crippen LogP contribution is -2.14. The molecular formula is C19H23NO. The molecule has 1 fully saturated rings. The Balaban J connectivity index is 1.75. The molecule has 1 aliphatic rings. The summed E-state index contributed by atoms with van der Waals surface area (Å²) < 4.78 is 5.81. The third kappa shape index (κ3) is 3.85. The van der Waals surface area contributed by atoms with Crippen molar-refractivity contribution in [2.45, 2.75) is 38.8 Å². The molecule has 0 unspecified atom stereocenters. The van der Waals surface area contributed by atoms with E-state index in [1.165, 1.54) is 29.5 Å². The molecule has 1 aliphatic carbocycles. The third-order valence-electron chi connectivity index (χ3n) is 3.75. The summed E-state index contributed by atoms with van der Waals surface area (Å²) in [4.78, 5) is 0. The Hall–Kier alpha value is -1.80. The summed E-state index contributed by atoms with van der Waals surface area (Å²) in [6, 6.07) is 17.1. The topological polar surface area (TPSA) is 21.3 Å². The van der Waals surface area contributed by atoms with Gasteiger partial charge in [0.25, 0.3) is 0 Å². The fourth-order valence-corrected chi connectivity index (χ4v) is 2.45. The van der Waals surface area contributed by atoms with Crippen LogP contribution in [0.1, 0.15) is 31.7 Å². The second kappa shape index (κ2) is 6.77. The molecule has 2 aromatic carbocycles. The van der Waals surface area contributed by atoms with Gasteiger partial charge in [-0.05, 0) is 54.6 Å². The van der Waals surface area contributed by atoms with Crippen molar-refractivity contribution in [1.29, 1.82) is 0 Å². The molecule has 1 saturated carbocycles. The van der Waals surface area contributed by atoms with Crippen LogP contribution in [-0.4, -0.2) is 12.6 Å². The molecule has 2 aromatic rings. The Bertz CT molecular complexity index is 572. The highest BCUT2D eigenvalue weighted by atomic mass is 16.5. The molecule has 1 N–H and O–H groups in total. The van der Waals surface area contributed by atoms with Gasteiger partial charge in [-0.15, -0.1) is 0 Å². The SMILES string of the molecule is CCCNCc1ccccc1-c1ccc(OC2CC2)cc1. The van der Waals surface area contributed by atoms with Gasteiger partial charge in [0.2, 0.25) is 0 Å². The molecule has 3 rings (SSSR count). The van der Waals surface area contributed by atoms with Crippen molar-refractivity contribution in [3.63, 3.8) is 0 Å². The Kier molecular flexibility index (Phi) is 4.56. The monoisotopic (exact) mass is 281 g/mol. The average molecular weight is 281 g/mol. The van der Waals surface area contributed by atoms with Crippen molar-refractivity contribution >= 4 is 0 Å². The van der Waals surface area contributed by atoms with Crippen LogP contribution in [0.2, 0.25) is 0 Å². The Labute approximate surface area is 127 Å². The van der Waals surface area contributed by atoms with Crippen molar-refractivity contribution in [3.05, 3.63) is 54.1 Å². The van der Waals surface area contributed by atoms with E-state index >= 15 is 0 Å². The van der Waals surface area contributed by atoms with Crippen LogP contribution in [0.4, 0.5) is 0 Å². The van der Waals surface area contributed by atoms with Crippen molar-refractivity contribution < 1.29 is 4.74 Å². The summed E-state index contributed by atoms with van der Waals surface area (Å²) in [6.07, 6.45) is 4.03. The molecule has 0 radical (unpaired) electrons. The first-order chi connectivity index (χ1) is 10.4. The van der Waals surface area contributed by atoms with E-state index < -0.39 is 0 Å². The summed E-state index contributed by atoms with van der Waals surface area (Å²) in [5.74, 6) is 0.989.